The van der Waals surface area contributed by atoms with Crippen molar-refractivity contribution in [3.8, 4) is 0 Å². The molecule has 0 unspecified atom stereocenters. The van der Waals surface area contributed by atoms with Gasteiger partial charge in [0.2, 0.25) is 0 Å². The molecule has 0 amide bonds. The Morgan fingerprint density at radius 2 is 1.75 bits per heavy atom. The molecule has 0 saturated heterocycles. The number of nitro groups is 1. The molecule has 0 aliphatic rings. The van der Waals surface area contributed by atoms with Crippen molar-refractivity contribution in [1.82, 2.24) is 0 Å². The summed E-state index contributed by atoms with van der Waals surface area (Å²) in [5.41, 5.74) is 1.63. The molecule has 6 heteroatoms. The third-order valence-corrected chi connectivity index (χ3v) is 7.87. The molecule has 0 heterocycles. The molecule has 5 nitrogen and oxygen atoms in total. The van der Waals surface area contributed by atoms with Crippen LogP contribution in [0.1, 0.15) is 33.3 Å². The molecular formula is C14H22N2O3Si. The van der Waals surface area contributed by atoms with Crippen molar-refractivity contribution in [2.45, 2.75) is 45.8 Å². The fraction of sp³-hybridized carbons (Fsp3) is 0.500. The zero-order valence-corrected chi connectivity index (χ0v) is 13.9. The van der Waals surface area contributed by atoms with E-state index in [1.807, 2.05) is 6.92 Å². The van der Waals surface area contributed by atoms with Crippen LogP contribution in [0.2, 0.25) is 18.1 Å². The lowest BCUT2D eigenvalue weighted by Crippen LogP contribution is -2.39. The lowest BCUT2D eigenvalue weighted by atomic mass is 10.1. The van der Waals surface area contributed by atoms with Gasteiger partial charge in [0, 0.05) is 12.1 Å². The van der Waals surface area contributed by atoms with Crippen LogP contribution in [0.5, 0.6) is 0 Å². The smallest absolute Gasteiger partial charge is 0.286 e. The first-order valence-electron chi connectivity index (χ1n) is 6.52. The van der Waals surface area contributed by atoms with Crippen molar-refractivity contribution in [3.05, 3.63) is 39.9 Å². The Hall–Kier alpha value is -1.69. The minimum absolute atomic E-state index is 0.0758. The molecule has 110 valence electrons. The Morgan fingerprint density at radius 3 is 2.15 bits per heavy atom. The van der Waals surface area contributed by atoms with E-state index >= 15 is 0 Å². The zero-order chi connectivity index (χ0) is 15.6. The largest absolute Gasteiger partial charge is 0.455 e. The first-order chi connectivity index (χ1) is 9.04. The molecule has 0 atom stereocenters. The predicted octanol–water partition coefficient (Wildman–Crippen LogP) is 4.34. The Labute approximate surface area is 120 Å². The molecule has 0 N–H and O–H groups in total. The van der Waals surface area contributed by atoms with E-state index < -0.39 is 13.2 Å². The average Bonchev–Trinajstić information content (AvgIpc) is 2.34. The van der Waals surface area contributed by atoms with Crippen LogP contribution in [-0.4, -0.2) is 19.0 Å². The number of hydrogen-bond donors (Lipinski definition) is 0. The predicted molar refractivity (Wildman–Crippen MR) is 83.6 cm³/mol. The molecule has 1 aromatic rings. The van der Waals surface area contributed by atoms with E-state index in [2.05, 4.69) is 39.0 Å². The van der Waals surface area contributed by atoms with Gasteiger partial charge in [-0.05, 0) is 42.8 Å². The van der Waals surface area contributed by atoms with Gasteiger partial charge in [0.25, 0.3) is 14.0 Å². The Kier molecular flexibility index (Phi) is 4.70. The third kappa shape index (κ3) is 3.90. The Balaban J connectivity index is 2.87. The number of nitrogens with zero attached hydrogens (tertiary/aromatic N) is 2. The average molecular weight is 294 g/mol. The molecule has 0 fully saturated rings. The maximum Gasteiger partial charge on any atom is 0.286 e. The van der Waals surface area contributed by atoms with E-state index in [1.165, 1.54) is 12.1 Å². The highest BCUT2D eigenvalue weighted by Gasteiger charge is 2.39. The maximum absolute atomic E-state index is 10.6. The summed E-state index contributed by atoms with van der Waals surface area (Å²) in [5, 5.41) is 14.9. The van der Waals surface area contributed by atoms with E-state index in [9.17, 15) is 10.1 Å². The minimum Gasteiger partial charge on any atom is -0.455 e. The van der Waals surface area contributed by atoms with Crippen molar-refractivity contribution in [1.29, 1.82) is 0 Å². The summed E-state index contributed by atoms with van der Waals surface area (Å²) in [5.74, 6) is 0. The molecule has 1 rings (SSSR count). The normalized spacial score (nSPS) is 13.2. The highest BCUT2D eigenvalue weighted by atomic mass is 28.4. The second kappa shape index (κ2) is 5.74. The molecule has 0 aliphatic heterocycles. The molecule has 20 heavy (non-hydrogen) atoms. The van der Waals surface area contributed by atoms with E-state index in [0.717, 1.165) is 11.3 Å². The van der Waals surface area contributed by atoms with Crippen LogP contribution in [0.15, 0.2) is 29.4 Å². The van der Waals surface area contributed by atoms with Gasteiger partial charge in [-0.2, -0.15) is 0 Å². The topological polar surface area (TPSA) is 64.7 Å². The second-order valence-electron chi connectivity index (χ2n) is 6.33. The van der Waals surface area contributed by atoms with Gasteiger partial charge < -0.3 is 4.53 Å². The number of rotatable bonds is 4. The number of nitro benzene ring substituents is 1. The lowest BCUT2D eigenvalue weighted by Gasteiger charge is -2.33. The van der Waals surface area contributed by atoms with Crippen LogP contribution in [-0.2, 0) is 4.53 Å². The minimum atomic E-state index is -1.93. The summed E-state index contributed by atoms with van der Waals surface area (Å²) < 4.78 is 5.78. The number of hydrogen-bond acceptors (Lipinski definition) is 4. The number of benzene rings is 1. The molecule has 0 radical (unpaired) electrons. The van der Waals surface area contributed by atoms with Crippen molar-refractivity contribution in [3.63, 3.8) is 0 Å². The third-order valence-electron chi connectivity index (χ3n) is 3.71. The van der Waals surface area contributed by atoms with Gasteiger partial charge in [-0.25, -0.2) is 0 Å². The van der Waals surface area contributed by atoms with E-state index in [4.69, 9.17) is 4.53 Å². The highest BCUT2D eigenvalue weighted by Crippen LogP contribution is 2.36. The van der Waals surface area contributed by atoms with Crippen molar-refractivity contribution in [2.75, 3.05) is 0 Å². The van der Waals surface area contributed by atoms with Crippen LogP contribution < -0.4 is 0 Å². The molecule has 0 aliphatic carbocycles. The molecule has 0 aromatic heterocycles. The van der Waals surface area contributed by atoms with Crippen molar-refractivity contribution in [2.24, 2.45) is 5.16 Å². The van der Waals surface area contributed by atoms with Crippen LogP contribution in [0.3, 0.4) is 0 Å². The SMILES string of the molecule is C/C(=N\O[Si](C)(C)C(C)(C)C)c1ccc([N+](=O)[O-])cc1. The van der Waals surface area contributed by atoms with Gasteiger partial charge in [0.15, 0.2) is 0 Å². The first-order valence-corrected chi connectivity index (χ1v) is 9.43. The van der Waals surface area contributed by atoms with Gasteiger partial charge in [-0.15, -0.1) is 5.16 Å². The van der Waals surface area contributed by atoms with Crippen LogP contribution in [0.25, 0.3) is 0 Å². The lowest BCUT2D eigenvalue weighted by molar-refractivity contribution is -0.384. The van der Waals surface area contributed by atoms with Crippen LogP contribution in [0.4, 0.5) is 5.69 Å². The van der Waals surface area contributed by atoms with Gasteiger partial charge in [-0.1, -0.05) is 20.8 Å². The summed E-state index contributed by atoms with van der Waals surface area (Å²) in [4.78, 5) is 10.2. The molecule has 0 spiro atoms. The summed E-state index contributed by atoms with van der Waals surface area (Å²) in [7, 11) is -1.93. The maximum atomic E-state index is 10.6. The van der Waals surface area contributed by atoms with Crippen molar-refractivity contribution < 1.29 is 9.45 Å². The van der Waals surface area contributed by atoms with Gasteiger partial charge in [0.1, 0.15) is 0 Å². The van der Waals surface area contributed by atoms with E-state index in [1.54, 1.807) is 12.1 Å². The molecule has 0 bridgehead atoms. The van der Waals surface area contributed by atoms with Gasteiger partial charge in [-0.3, -0.25) is 10.1 Å². The fourth-order valence-corrected chi connectivity index (χ4v) is 1.84. The molecular weight excluding hydrogens is 272 g/mol. The first kappa shape index (κ1) is 16.4. The summed E-state index contributed by atoms with van der Waals surface area (Å²) in [6, 6.07) is 6.32. The van der Waals surface area contributed by atoms with Gasteiger partial charge in [0.05, 0.1) is 10.6 Å². The molecule has 1 aromatic carbocycles. The van der Waals surface area contributed by atoms with Crippen LogP contribution >= 0.6 is 0 Å². The van der Waals surface area contributed by atoms with E-state index in [0.29, 0.717) is 0 Å². The number of non-ortho nitro benzene ring substituents is 1. The second-order valence-corrected chi connectivity index (χ2v) is 11.0. The standard InChI is InChI=1S/C14H22N2O3Si/c1-11(15-19-20(5,6)14(2,3)4)12-7-9-13(10-8-12)16(17)18/h7-10H,1-6H3/b15-11+. The highest BCUT2D eigenvalue weighted by molar-refractivity contribution is 6.74. The van der Waals surface area contributed by atoms with Crippen molar-refractivity contribution >= 4 is 19.7 Å². The van der Waals surface area contributed by atoms with Gasteiger partial charge >= 0.3 is 0 Å². The quantitative estimate of drug-likeness (QED) is 0.359. The Bertz CT molecular complexity index is 516. The number of oxime groups is 1. The molecule has 0 saturated carbocycles. The van der Waals surface area contributed by atoms with E-state index in [-0.39, 0.29) is 10.7 Å². The fourth-order valence-electron chi connectivity index (χ4n) is 1.20. The van der Waals surface area contributed by atoms with Crippen LogP contribution in [0, 0.1) is 10.1 Å². The summed E-state index contributed by atoms with van der Waals surface area (Å²) >= 11 is 0. The summed E-state index contributed by atoms with van der Waals surface area (Å²) in [6.07, 6.45) is 0. The zero-order valence-electron chi connectivity index (χ0n) is 12.9. The Morgan fingerprint density at radius 1 is 1.25 bits per heavy atom. The summed E-state index contributed by atoms with van der Waals surface area (Å²) in [6.45, 7) is 12.5. The monoisotopic (exact) mass is 294 g/mol.